The number of aliphatic hydroxyl groups excluding tert-OH is 1. The molecule has 0 bridgehead atoms. The zero-order valence-corrected chi connectivity index (χ0v) is 17.9. The summed E-state index contributed by atoms with van der Waals surface area (Å²) in [4.78, 5) is 14.6. The molecule has 7 nitrogen and oxygen atoms in total. The molecule has 7 heteroatoms. The highest BCUT2D eigenvalue weighted by molar-refractivity contribution is 6.02. The van der Waals surface area contributed by atoms with Gasteiger partial charge >= 0.3 is 0 Å². The molecular weight excluding hydrogens is 392 g/mol. The summed E-state index contributed by atoms with van der Waals surface area (Å²) in [6, 6.07) is 14.0. The fraction of sp³-hybridized carbons (Fsp3) is 0.417. The summed E-state index contributed by atoms with van der Waals surface area (Å²) in [5, 5.41) is 26.7. The average Bonchev–Trinajstić information content (AvgIpc) is 2.81. The predicted octanol–water partition coefficient (Wildman–Crippen LogP) is 2.24. The number of nitrogens with zero attached hydrogens (tertiary/aromatic N) is 2. The molecule has 0 saturated carbocycles. The summed E-state index contributed by atoms with van der Waals surface area (Å²) >= 11 is 0. The van der Waals surface area contributed by atoms with Crippen LogP contribution in [0.5, 0.6) is 0 Å². The van der Waals surface area contributed by atoms with E-state index in [1.54, 1.807) is 6.08 Å². The lowest BCUT2D eigenvalue weighted by Gasteiger charge is -2.26. The van der Waals surface area contributed by atoms with Gasteiger partial charge in [-0.2, -0.15) is 5.26 Å². The number of carbonyl (C=O) groups is 1. The van der Waals surface area contributed by atoms with Crippen LogP contribution in [0.4, 0.5) is 5.69 Å². The van der Waals surface area contributed by atoms with Gasteiger partial charge in [0.15, 0.2) is 0 Å². The lowest BCUT2D eigenvalue weighted by molar-refractivity contribution is -0.117. The minimum absolute atomic E-state index is 0.0133. The van der Waals surface area contributed by atoms with Crippen LogP contribution in [0.2, 0.25) is 0 Å². The van der Waals surface area contributed by atoms with Gasteiger partial charge < -0.3 is 20.5 Å². The highest BCUT2D eigenvalue weighted by atomic mass is 16.5. The lowest BCUT2D eigenvalue weighted by atomic mass is 10.0. The van der Waals surface area contributed by atoms with Crippen LogP contribution >= 0.6 is 0 Å². The number of fused-ring (bicyclic) bond motifs is 1. The number of anilines is 1. The first-order valence-corrected chi connectivity index (χ1v) is 10.7. The van der Waals surface area contributed by atoms with Crippen LogP contribution < -0.4 is 10.6 Å². The molecule has 1 unspecified atom stereocenters. The summed E-state index contributed by atoms with van der Waals surface area (Å²) in [6.07, 6.45) is 1.59. The van der Waals surface area contributed by atoms with Gasteiger partial charge in [-0.15, -0.1) is 0 Å². The third kappa shape index (κ3) is 6.79. The molecule has 1 aliphatic rings. The van der Waals surface area contributed by atoms with Crippen molar-refractivity contribution in [2.75, 3.05) is 57.9 Å². The van der Waals surface area contributed by atoms with Crippen molar-refractivity contribution in [1.82, 2.24) is 10.2 Å². The molecule has 1 amide bonds. The number of nitriles is 1. The second-order valence-corrected chi connectivity index (χ2v) is 7.87. The number of hydrogen-bond donors (Lipinski definition) is 3. The van der Waals surface area contributed by atoms with Crippen molar-refractivity contribution in [3.8, 4) is 6.07 Å². The second-order valence-electron chi connectivity index (χ2n) is 7.87. The highest BCUT2D eigenvalue weighted by Gasteiger charge is 2.11. The van der Waals surface area contributed by atoms with Gasteiger partial charge in [-0.25, -0.2) is 0 Å². The number of ether oxygens (including phenoxy) is 1. The molecule has 1 fully saturated rings. The van der Waals surface area contributed by atoms with E-state index < -0.39 is 5.91 Å². The summed E-state index contributed by atoms with van der Waals surface area (Å²) in [7, 11) is 0. The molecule has 1 saturated heterocycles. The molecule has 3 N–H and O–H groups in total. The zero-order chi connectivity index (χ0) is 22.1. The minimum atomic E-state index is -0.428. The molecule has 1 heterocycles. The fourth-order valence-electron chi connectivity index (χ4n) is 3.39. The van der Waals surface area contributed by atoms with Crippen LogP contribution in [0.3, 0.4) is 0 Å². The maximum atomic E-state index is 12.2. The van der Waals surface area contributed by atoms with E-state index in [0.29, 0.717) is 6.54 Å². The monoisotopic (exact) mass is 422 g/mol. The Hall–Kier alpha value is -2.92. The molecular formula is C24H30N4O3. The maximum absolute atomic E-state index is 12.2. The van der Waals surface area contributed by atoms with Gasteiger partial charge in [0, 0.05) is 45.0 Å². The van der Waals surface area contributed by atoms with E-state index in [1.165, 1.54) is 0 Å². The second kappa shape index (κ2) is 11.5. The van der Waals surface area contributed by atoms with E-state index in [1.807, 2.05) is 43.3 Å². The highest BCUT2D eigenvalue weighted by Crippen LogP contribution is 2.22. The standard InChI is InChI=1S/C24H30N4O3/c1-18(17-29)16-27-24(30)22(15-25)13-19-2-3-21-14-23(5-4-20(21)12-19)26-6-7-28-8-10-31-11-9-28/h2-5,12-14,18,26,29H,6-11,16-17H2,1H3,(H,27,30). The van der Waals surface area contributed by atoms with Crippen LogP contribution in [0.25, 0.3) is 16.8 Å². The summed E-state index contributed by atoms with van der Waals surface area (Å²) in [6.45, 7) is 7.59. The van der Waals surface area contributed by atoms with Gasteiger partial charge in [0.2, 0.25) is 0 Å². The predicted molar refractivity (Wildman–Crippen MR) is 123 cm³/mol. The van der Waals surface area contributed by atoms with Crippen molar-refractivity contribution >= 4 is 28.4 Å². The van der Waals surface area contributed by atoms with Gasteiger partial charge in [0.1, 0.15) is 11.6 Å². The molecule has 0 spiro atoms. The van der Waals surface area contributed by atoms with Crippen LogP contribution in [-0.2, 0) is 9.53 Å². The maximum Gasteiger partial charge on any atom is 0.261 e. The SMILES string of the molecule is CC(CO)CNC(=O)C(C#N)=Cc1ccc2cc(NCCN3CCOCC3)ccc2c1. The van der Waals surface area contributed by atoms with Crippen LogP contribution in [0, 0.1) is 17.2 Å². The molecule has 31 heavy (non-hydrogen) atoms. The van der Waals surface area contributed by atoms with E-state index >= 15 is 0 Å². The van der Waals surface area contributed by atoms with Gasteiger partial charge in [-0.3, -0.25) is 9.69 Å². The molecule has 1 atom stereocenters. The number of carbonyl (C=O) groups excluding carboxylic acids is 1. The minimum Gasteiger partial charge on any atom is -0.396 e. The molecule has 164 valence electrons. The van der Waals surface area contributed by atoms with Gasteiger partial charge in [0.25, 0.3) is 5.91 Å². The summed E-state index contributed by atoms with van der Waals surface area (Å²) in [5.41, 5.74) is 1.91. The average molecular weight is 423 g/mol. The number of aliphatic hydroxyl groups is 1. The van der Waals surface area contributed by atoms with E-state index in [9.17, 15) is 10.1 Å². The number of morpholine rings is 1. The summed E-state index contributed by atoms with van der Waals surface area (Å²) in [5.74, 6) is -0.482. The number of hydrogen-bond acceptors (Lipinski definition) is 6. The Morgan fingerprint density at radius 1 is 1.26 bits per heavy atom. The molecule has 0 aromatic heterocycles. The molecule has 0 aliphatic carbocycles. The first kappa shape index (κ1) is 22.8. The van der Waals surface area contributed by atoms with Crippen molar-refractivity contribution in [3.63, 3.8) is 0 Å². The van der Waals surface area contributed by atoms with E-state index in [2.05, 4.69) is 21.6 Å². The van der Waals surface area contributed by atoms with Crippen LogP contribution in [0.1, 0.15) is 12.5 Å². The molecule has 2 aromatic carbocycles. The van der Waals surface area contributed by atoms with Crippen LogP contribution in [-0.4, -0.2) is 68.5 Å². The molecule has 2 aromatic rings. The molecule has 1 aliphatic heterocycles. The Labute approximate surface area is 183 Å². The zero-order valence-electron chi connectivity index (χ0n) is 17.9. The third-order valence-corrected chi connectivity index (χ3v) is 5.32. The number of benzene rings is 2. The number of rotatable bonds is 9. The largest absolute Gasteiger partial charge is 0.396 e. The Bertz CT molecular complexity index is 961. The van der Waals surface area contributed by atoms with Gasteiger partial charge in [-0.05, 0) is 46.5 Å². The van der Waals surface area contributed by atoms with Crippen molar-refractivity contribution in [3.05, 3.63) is 47.5 Å². The van der Waals surface area contributed by atoms with Gasteiger partial charge in [-0.1, -0.05) is 25.1 Å². The van der Waals surface area contributed by atoms with Crippen molar-refractivity contribution in [1.29, 1.82) is 5.26 Å². The van der Waals surface area contributed by atoms with E-state index in [-0.39, 0.29) is 18.1 Å². The number of amides is 1. The van der Waals surface area contributed by atoms with Crippen molar-refractivity contribution < 1.29 is 14.6 Å². The summed E-state index contributed by atoms with van der Waals surface area (Å²) < 4.78 is 5.38. The Balaban J connectivity index is 1.62. The van der Waals surface area contributed by atoms with Crippen molar-refractivity contribution in [2.24, 2.45) is 5.92 Å². The van der Waals surface area contributed by atoms with Gasteiger partial charge in [0.05, 0.1) is 13.2 Å². The third-order valence-electron chi connectivity index (χ3n) is 5.32. The smallest absolute Gasteiger partial charge is 0.261 e. The first-order valence-electron chi connectivity index (χ1n) is 10.7. The van der Waals surface area contributed by atoms with Crippen LogP contribution in [0.15, 0.2) is 42.0 Å². The molecule has 3 rings (SSSR count). The molecule has 0 radical (unpaired) electrons. The Kier molecular flexibility index (Phi) is 8.42. The Morgan fingerprint density at radius 3 is 2.74 bits per heavy atom. The van der Waals surface area contributed by atoms with Crippen molar-refractivity contribution in [2.45, 2.75) is 6.92 Å². The Morgan fingerprint density at radius 2 is 2.00 bits per heavy atom. The van der Waals surface area contributed by atoms with E-state index in [4.69, 9.17) is 9.84 Å². The quantitative estimate of drug-likeness (QED) is 0.424. The lowest BCUT2D eigenvalue weighted by Crippen LogP contribution is -2.38. The number of nitrogens with one attached hydrogen (secondary N) is 2. The topological polar surface area (TPSA) is 97.6 Å². The normalized spacial score (nSPS) is 16.0. The first-order chi connectivity index (χ1) is 15.1. The van der Waals surface area contributed by atoms with E-state index in [0.717, 1.165) is 61.4 Å². The fourth-order valence-corrected chi connectivity index (χ4v) is 3.39.